The van der Waals surface area contributed by atoms with Gasteiger partial charge in [-0.2, -0.15) is 0 Å². The molecule has 7 rings (SSSR count). The fourth-order valence-electron chi connectivity index (χ4n) is 6.73. The summed E-state index contributed by atoms with van der Waals surface area (Å²) in [6.45, 7) is 14.1. The quantitative estimate of drug-likeness (QED) is 0.189. The molecule has 0 fully saturated rings. The number of para-hydroxylation sites is 3. The Morgan fingerprint density at radius 1 is 0.581 bits per heavy atom. The average molecular weight is 580 g/mol. The van der Waals surface area contributed by atoms with E-state index in [2.05, 4.69) is 150 Å². The Hall–Kier alpha value is -3.89. The Balaban J connectivity index is 1.45. The molecule has 4 heteroatoms. The molecular formula is C39H38BNOS. The second-order valence-corrected chi connectivity index (χ2v) is 13.8. The molecule has 0 aromatic heterocycles. The molecule has 0 radical (unpaired) electrons. The van der Waals surface area contributed by atoms with E-state index in [-0.39, 0.29) is 6.71 Å². The number of rotatable bonds is 5. The summed E-state index contributed by atoms with van der Waals surface area (Å²) in [5.74, 6) is 3.18. The molecule has 0 aliphatic carbocycles. The zero-order valence-electron chi connectivity index (χ0n) is 25.9. The van der Waals surface area contributed by atoms with Crippen LogP contribution in [0.1, 0.15) is 76.0 Å². The molecule has 2 aliphatic rings. The first kappa shape index (κ1) is 27.9. The highest BCUT2D eigenvalue weighted by atomic mass is 32.2. The number of hydrogen-bond acceptors (Lipinski definition) is 3. The number of hydrogen-bond donors (Lipinski definition) is 0. The number of benzene rings is 5. The topological polar surface area (TPSA) is 12.5 Å². The Morgan fingerprint density at radius 2 is 1.14 bits per heavy atom. The molecular weight excluding hydrogens is 541 g/mol. The predicted octanol–water partition coefficient (Wildman–Crippen LogP) is 9.61. The molecule has 0 spiro atoms. The lowest BCUT2D eigenvalue weighted by molar-refractivity contribution is 0.487. The molecule has 43 heavy (non-hydrogen) atoms. The van der Waals surface area contributed by atoms with E-state index in [1.54, 1.807) is 0 Å². The maximum absolute atomic E-state index is 6.77. The summed E-state index contributed by atoms with van der Waals surface area (Å²) < 4.78 is 6.77. The van der Waals surface area contributed by atoms with Crippen LogP contribution in [0.15, 0.2) is 113 Å². The summed E-state index contributed by atoms with van der Waals surface area (Å²) in [7, 11) is 0. The largest absolute Gasteiger partial charge is 0.458 e. The van der Waals surface area contributed by atoms with Crippen LogP contribution in [0.4, 0.5) is 17.1 Å². The van der Waals surface area contributed by atoms with Crippen molar-refractivity contribution in [3.8, 4) is 11.5 Å². The average Bonchev–Trinajstić information content (AvgIpc) is 3.01. The Bertz CT molecular complexity index is 1770. The van der Waals surface area contributed by atoms with Crippen LogP contribution in [-0.4, -0.2) is 6.71 Å². The predicted molar refractivity (Wildman–Crippen MR) is 185 cm³/mol. The highest BCUT2D eigenvalue weighted by Gasteiger charge is 2.37. The molecule has 0 saturated heterocycles. The van der Waals surface area contributed by atoms with Gasteiger partial charge in [-0.15, -0.1) is 0 Å². The molecule has 0 saturated carbocycles. The first-order valence-electron chi connectivity index (χ1n) is 15.6. The van der Waals surface area contributed by atoms with Crippen LogP contribution in [0.2, 0.25) is 0 Å². The first-order chi connectivity index (χ1) is 20.8. The third-order valence-electron chi connectivity index (χ3n) is 8.91. The molecule has 0 N–H and O–H groups in total. The lowest BCUT2D eigenvalue weighted by Crippen LogP contribution is -2.57. The highest BCUT2D eigenvalue weighted by molar-refractivity contribution is 7.99. The molecule has 2 nitrogen and oxygen atoms in total. The van der Waals surface area contributed by atoms with E-state index in [4.69, 9.17) is 4.74 Å². The van der Waals surface area contributed by atoms with Gasteiger partial charge in [0, 0.05) is 21.5 Å². The van der Waals surface area contributed by atoms with Crippen molar-refractivity contribution in [3.05, 3.63) is 120 Å². The number of fused-ring (bicyclic) bond motifs is 4. The minimum Gasteiger partial charge on any atom is -0.458 e. The summed E-state index contributed by atoms with van der Waals surface area (Å²) >= 11 is 1.84. The number of nitrogens with zero attached hydrogens (tertiary/aromatic N) is 1. The van der Waals surface area contributed by atoms with Gasteiger partial charge in [-0.1, -0.05) is 119 Å². The standard InChI is InChI=1S/C39H38BNOS/c1-24(2)27-21-29(25(3)4)39(30(22-27)26(5)6)40-31-13-7-10-16-35(31)42-36-23-28(19-20-32(36)40)41-33-14-8-11-17-37(33)43-38-18-12-9-15-34(38)41/h7-26H,1-6H3. The third-order valence-corrected chi connectivity index (χ3v) is 10.0. The summed E-state index contributed by atoms with van der Waals surface area (Å²) in [4.78, 5) is 4.91. The number of ether oxygens (including phenoxy) is 1. The van der Waals surface area contributed by atoms with E-state index in [1.165, 1.54) is 54.2 Å². The van der Waals surface area contributed by atoms with Crippen molar-refractivity contribution < 1.29 is 4.74 Å². The van der Waals surface area contributed by atoms with Crippen LogP contribution >= 0.6 is 11.8 Å². The van der Waals surface area contributed by atoms with Crippen LogP contribution in [0.3, 0.4) is 0 Å². The van der Waals surface area contributed by atoms with Crippen LogP contribution in [-0.2, 0) is 0 Å². The van der Waals surface area contributed by atoms with Crippen LogP contribution in [0.5, 0.6) is 11.5 Å². The van der Waals surface area contributed by atoms with E-state index in [0.717, 1.165) is 17.2 Å². The second kappa shape index (κ2) is 11.0. The lowest BCUT2D eigenvalue weighted by atomic mass is 9.34. The second-order valence-electron chi connectivity index (χ2n) is 12.7. The van der Waals surface area contributed by atoms with E-state index in [1.807, 2.05) is 11.8 Å². The van der Waals surface area contributed by atoms with E-state index < -0.39 is 0 Å². The zero-order chi connectivity index (χ0) is 29.8. The monoisotopic (exact) mass is 579 g/mol. The molecule has 214 valence electrons. The Kier molecular flexibility index (Phi) is 7.14. The molecule has 0 bridgehead atoms. The van der Waals surface area contributed by atoms with Crippen molar-refractivity contribution in [2.45, 2.75) is 69.1 Å². The van der Waals surface area contributed by atoms with Crippen molar-refractivity contribution in [1.29, 1.82) is 0 Å². The van der Waals surface area contributed by atoms with Crippen LogP contribution in [0.25, 0.3) is 0 Å². The van der Waals surface area contributed by atoms with Crippen molar-refractivity contribution >= 4 is 51.9 Å². The van der Waals surface area contributed by atoms with Gasteiger partial charge in [0.15, 0.2) is 0 Å². The van der Waals surface area contributed by atoms with Crippen LogP contribution < -0.4 is 26.0 Å². The third kappa shape index (κ3) is 4.77. The van der Waals surface area contributed by atoms with Gasteiger partial charge in [0.25, 0.3) is 6.71 Å². The normalized spacial score (nSPS) is 13.5. The van der Waals surface area contributed by atoms with Crippen molar-refractivity contribution in [2.75, 3.05) is 4.90 Å². The minimum atomic E-state index is 0.0986. The molecule has 2 heterocycles. The molecule has 2 aliphatic heterocycles. The lowest BCUT2D eigenvalue weighted by Gasteiger charge is -2.35. The minimum absolute atomic E-state index is 0.0986. The molecule has 5 aromatic carbocycles. The van der Waals surface area contributed by atoms with Gasteiger partial charge in [0.2, 0.25) is 0 Å². The van der Waals surface area contributed by atoms with Crippen molar-refractivity contribution in [1.82, 2.24) is 0 Å². The van der Waals surface area contributed by atoms with Gasteiger partial charge >= 0.3 is 0 Å². The summed E-state index contributed by atoms with van der Waals surface area (Å²) in [6, 6.07) is 37.8. The fourth-order valence-corrected chi connectivity index (χ4v) is 7.78. The summed E-state index contributed by atoms with van der Waals surface area (Å²) in [5.41, 5.74) is 11.8. The van der Waals surface area contributed by atoms with Gasteiger partial charge < -0.3 is 9.64 Å². The summed E-state index contributed by atoms with van der Waals surface area (Å²) in [5, 5.41) is 0. The van der Waals surface area contributed by atoms with E-state index in [9.17, 15) is 0 Å². The maximum atomic E-state index is 6.77. The van der Waals surface area contributed by atoms with E-state index >= 15 is 0 Å². The molecule has 0 amide bonds. The molecule has 0 atom stereocenters. The maximum Gasteiger partial charge on any atom is 0.251 e. The Labute approximate surface area is 261 Å². The molecule has 0 unspecified atom stereocenters. The van der Waals surface area contributed by atoms with Gasteiger partial charge in [0.1, 0.15) is 11.5 Å². The summed E-state index contributed by atoms with van der Waals surface area (Å²) in [6.07, 6.45) is 0. The van der Waals surface area contributed by atoms with Gasteiger partial charge in [0.05, 0.1) is 11.4 Å². The Morgan fingerprint density at radius 3 is 1.74 bits per heavy atom. The number of anilines is 3. The SMILES string of the molecule is CC(C)c1cc(C(C)C)c(B2c3ccccc3Oc3cc(N4c5ccccc5Sc5ccccc54)ccc32)c(C(C)C)c1. The smallest absolute Gasteiger partial charge is 0.251 e. The van der Waals surface area contributed by atoms with Crippen molar-refractivity contribution in [2.24, 2.45) is 0 Å². The van der Waals surface area contributed by atoms with Gasteiger partial charge in [-0.25, -0.2) is 0 Å². The van der Waals surface area contributed by atoms with E-state index in [0.29, 0.717) is 17.8 Å². The zero-order valence-corrected chi connectivity index (χ0v) is 26.7. The van der Waals surface area contributed by atoms with Gasteiger partial charge in [-0.3, -0.25) is 0 Å². The van der Waals surface area contributed by atoms with Gasteiger partial charge in [-0.05, 0) is 81.8 Å². The fraction of sp³-hybridized carbons (Fsp3) is 0.231. The van der Waals surface area contributed by atoms with Crippen LogP contribution in [0, 0.1) is 0 Å². The molecule has 5 aromatic rings. The highest BCUT2D eigenvalue weighted by Crippen LogP contribution is 2.51. The first-order valence-corrected chi connectivity index (χ1v) is 16.4. The van der Waals surface area contributed by atoms with Crippen molar-refractivity contribution in [3.63, 3.8) is 0 Å².